The Bertz CT molecular complexity index is 724. The van der Waals surface area contributed by atoms with Gasteiger partial charge in [-0.3, -0.25) is 14.9 Å². The first-order chi connectivity index (χ1) is 11.1. The lowest BCUT2D eigenvalue weighted by Crippen LogP contribution is -2.39. The van der Waals surface area contributed by atoms with Crippen LogP contribution in [0.4, 0.5) is 5.69 Å². The summed E-state index contributed by atoms with van der Waals surface area (Å²) in [4.78, 5) is 28.7. The van der Waals surface area contributed by atoms with E-state index < -0.39 is 4.92 Å². The van der Waals surface area contributed by atoms with Gasteiger partial charge in [-0.15, -0.1) is 0 Å². The summed E-state index contributed by atoms with van der Waals surface area (Å²) >= 11 is 6.04. The molecule has 8 heteroatoms. The predicted molar refractivity (Wildman–Crippen MR) is 84.5 cm³/mol. The van der Waals surface area contributed by atoms with Gasteiger partial charge in [0.25, 0.3) is 11.6 Å². The minimum absolute atomic E-state index is 0.133. The molecule has 0 radical (unpaired) electrons. The van der Waals surface area contributed by atoms with Crippen molar-refractivity contribution in [2.45, 2.75) is 18.9 Å². The Balaban J connectivity index is 1.72. The van der Waals surface area contributed by atoms with Crippen LogP contribution in [0.25, 0.3) is 0 Å². The number of likely N-dealkylation sites (tertiary alicyclic amines) is 1. The van der Waals surface area contributed by atoms with E-state index in [0.717, 1.165) is 12.8 Å². The van der Waals surface area contributed by atoms with Gasteiger partial charge in [0.15, 0.2) is 0 Å². The minimum atomic E-state index is -0.529. The fraction of sp³-hybridized carbons (Fsp3) is 0.333. The van der Waals surface area contributed by atoms with Crippen molar-refractivity contribution in [2.75, 3.05) is 13.1 Å². The van der Waals surface area contributed by atoms with E-state index in [1.165, 1.54) is 18.2 Å². The molecule has 0 aliphatic carbocycles. The van der Waals surface area contributed by atoms with Gasteiger partial charge in [0.2, 0.25) is 0 Å². The highest BCUT2D eigenvalue weighted by molar-refractivity contribution is 6.33. The second kappa shape index (κ2) is 6.37. The maximum absolute atomic E-state index is 12.6. The van der Waals surface area contributed by atoms with Gasteiger partial charge >= 0.3 is 0 Å². The Hall–Kier alpha value is -2.41. The van der Waals surface area contributed by atoms with Gasteiger partial charge in [-0.2, -0.15) is 0 Å². The molecule has 1 fully saturated rings. The number of non-ortho nitro benzene ring substituents is 1. The predicted octanol–water partition coefficient (Wildman–Crippen LogP) is 2.92. The van der Waals surface area contributed by atoms with Gasteiger partial charge in [-0.1, -0.05) is 11.6 Å². The van der Waals surface area contributed by atoms with Crippen LogP contribution >= 0.6 is 11.6 Å². The van der Waals surface area contributed by atoms with Crippen LogP contribution in [-0.4, -0.2) is 38.4 Å². The molecule has 2 heterocycles. The van der Waals surface area contributed by atoms with Crippen molar-refractivity contribution in [3.05, 3.63) is 57.6 Å². The van der Waals surface area contributed by atoms with Crippen molar-refractivity contribution in [3.63, 3.8) is 0 Å². The summed E-state index contributed by atoms with van der Waals surface area (Å²) in [7, 11) is 0. The maximum Gasteiger partial charge on any atom is 0.270 e. The van der Waals surface area contributed by atoms with Crippen LogP contribution in [0.1, 0.15) is 29.2 Å². The van der Waals surface area contributed by atoms with Crippen LogP contribution in [-0.2, 0) is 0 Å². The molecule has 1 aliphatic rings. The normalized spacial score (nSPS) is 15.6. The zero-order chi connectivity index (χ0) is 16.4. The first-order valence-corrected chi connectivity index (χ1v) is 7.64. The number of hydrogen-bond donors (Lipinski definition) is 0. The van der Waals surface area contributed by atoms with E-state index in [9.17, 15) is 14.9 Å². The van der Waals surface area contributed by atoms with E-state index in [-0.39, 0.29) is 22.2 Å². The van der Waals surface area contributed by atoms with Gasteiger partial charge in [0, 0.05) is 43.7 Å². The van der Waals surface area contributed by atoms with Gasteiger partial charge < -0.3 is 9.47 Å². The smallest absolute Gasteiger partial charge is 0.270 e. The molecule has 0 saturated carbocycles. The standard InChI is InChI=1S/C15H15ClN4O3/c16-14-2-1-12(20(22)23)9-13(14)15(21)18-6-3-11(4-7-18)19-8-5-17-10-19/h1-2,5,8-11H,3-4,6-7H2. The van der Waals surface area contributed by atoms with Crippen LogP contribution in [0.15, 0.2) is 36.9 Å². The molecule has 1 aromatic carbocycles. The molecular formula is C15H15ClN4O3. The molecule has 0 bridgehead atoms. The number of carbonyl (C=O) groups is 1. The molecule has 1 aliphatic heterocycles. The number of nitro benzene ring substituents is 1. The van der Waals surface area contributed by atoms with Gasteiger partial charge in [-0.05, 0) is 18.9 Å². The van der Waals surface area contributed by atoms with Gasteiger partial charge in [-0.25, -0.2) is 4.98 Å². The van der Waals surface area contributed by atoms with E-state index >= 15 is 0 Å². The molecule has 1 saturated heterocycles. The zero-order valence-corrected chi connectivity index (χ0v) is 13.0. The minimum Gasteiger partial charge on any atom is -0.338 e. The second-order valence-electron chi connectivity index (χ2n) is 5.45. The molecule has 2 aromatic rings. The average Bonchev–Trinajstić information content (AvgIpc) is 3.09. The van der Waals surface area contributed by atoms with Crippen molar-refractivity contribution in [1.82, 2.24) is 14.5 Å². The molecule has 0 N–H and O–H groups in total. The first kappa shape index (κ1) is 15.5. The maximum atomic E-state index is 12.6. The third kappa shape index (κ3) is 3.19. The summed E-state index contributed by atoms with van der Waals surface area (Å²) in [6.45, 7) is 1.17. The Morgan fingerprint density at radius 2 is 2.09 bits per heavy atom. The lowest BCUT2D eigenvalue weighted by Gasteiger charge is -2.32. The molecule has 1 amide bonds. The Morgan fingerprint density at radius 1 is 1.35 bits per heavy atom. The van der Waals surface area contributed by atoms with E-state index in [1.54, 1.807) is 17.4 Å². The number of imidazole rings is 1. The molecule has 7 nitrogen and oxygen atoms in total. The molecule has 3 rings (SSSR count). The molecular weight excluding hydrogens is 320 g/mol. The van der Waals surface area contributed by atoms with Crippen LogP contribution in [0.3, 0.4) is 0 Å². The number of aromatic nitrogens is 2. The number of halogens is 1. The van der Waals surface area contributed by atoms with Crippen molar-refractivity contribution in [2.24, 2.45) is 0 Å². The molecule has 23 heavy (non-hydrogen) atoms. The van der Waals surface area contributed by atoms with E-state index in [1.807, 2.05) is 10.8 Å². The summed E-state index contributed by atoms with van der Waals surface area (Å²) in [6, 6.07) is 4.25. The Morgan fingerprint density at radius 3 is 2.70 bits per heavy atom. The fourth-order valence-corrected chi connectivity index (χ4v) is 3.01. The first-order valence-electron chi connectivity index (χ1n) is 7.27. The topological polar surface area (TPSA) is 81.3 Å². The number of rotatable bonds is 3. The summed E-state index contributed by atoms with van der Waals surface area (Å²) in [5.41, 5.74) is 0.0491. The number of hydrogen-bond acceptors (Lipinski definition) is 4. The largest absolute Gasteiger partial charge is 0.338 e. The van der Waals surface area contributed by atoms with Gasteiger partial charge in [0.05, 0.1) is 21.8 Å². The lowest BCUT2D eigenvalue weighted by atomic mass is 10.0. The van der Waals surface area contributed by atoms with Crippen LogP contribution in [0.2, 0.25) is 5.02 Å². The van der Waals surface area contributed by atoms with Crippen molar-refractivity contribution in [3.8, 4) is 0 Å². The van der Waals surface area contributed by atoms with Crippen LogP contribution < -0.4 is 0 Å². The molecule has 0 atom stereocenters. The van der Waals surface area contributed by atoms with Crippen molar-refractivity contribution in [1.29, 1.82) is 0 Å². The summed E-state index contributed by atoms with van der Waals surface area (Å²) < 4.78 is 2.04. The molecule has 1 aromatic heterocycles. The molecule has 0 spiro atoms. The summed E-state index contributed by atoms with van der Waals surface area (Å²) in [5.74, 6) is -0.261. The number of nitrogens with zero attached hydrogens (tertiary/aromatic N) is 4. The molecule has 120 valence electrons. The van der Waals surface area contributed by atoms with E-state index in [0.29, 0.717) is 19.1 Å². The van der Waals surface area contributed by atoms with Crippen molar-refractivity contribution < 1.29 is 9.72 Å². The second-order valence-corrected chi connectivity index (χ2v) is 5.86. The Kier molecular flexibility index (Phi) is 4.29. The SMILES string of the molecule is O=C(c1cc([N+](=O)[O-])ccc1Cl)N1CCC(n2ccnc2)CC1. The van der Waals surface area contributed by atoms with Crippen molar-refractivity contribution >= 4 is 23.2 Å². The number of benzene rings is 1. The quantitative estimate of drug-likeness (QED) is 0.638. The highest BCUT2D eigenvalue weighted by Gasteiger charge is 2.26. The highest BCUT2D eigenvalue weighted by atomic mass is 35.5. The number of piperidine rings is 1. The van der Waals surface area contributed by atoms with Crippen LogP contribution in [0, 0.1) is 10.1 Å². The third-order valence-electron chi connectivity index (χ3n) is 4.09. The molecule has 0 unspecified atom stereocenters. The summed E-state index contributed by atoms with van der Waals surface area (Å²) in [6.07, 6.45) is 7.06. The average molecular weight is 335 g/mol. The number of carbonyl (C=O) groups excluding carboxylic acids is 1. The highest BCUT2D eigenvalue weighted by Crippen LogP contribution is 2.27. The van der Waals surface area contributed by atoms with Gasteiger partial charge in [0.1, 0.15) is 0 Å². The number of nitro groups is 1. The third-order valence-corrected chi connectivity index (χ3v) is 4.42. The summed E-state index contributed by atoms with van der Waals surface area (Å²) in [5, 5.41) is 11.1. The fourth-order valence-electron chi connectivity index (χ4n) is 2.81. The lowest BCUT2D eigenvalue weighted by molar-refractivity contribution is -0.384. The zero-order valence-electron chi connectivity index (χ0n) is 12.3. The monoisotopic (exact) mass is 334 g/mol. The Labute approximate surface area is 137 Å². The van der Waals surface area contributed by atoms with E-state index in [2.05, 4.69) is 4.98 Å². The number of amides is 1. The van der Waals surface area contributed by atoms with Crippen LogP contribution in [0.5, 0.6) is 0 Å². The van der Waals surface area contributed by atoms with E-state index in [4.69, 9.17) is 11.6 Å².